The van der Waals surface area contributed by atoms with Crippen LogP contribution in [0.25, 0.3) is 0 Å². The van der Waals surface area contributed by atoms with Gasteiger partial charge in [0.1, 0.15) is 5.82 Å². The number of ether oxygens (including phenoxy) is 2. The maximum Gasteiger partial charge on any atom is 0.161 e. The summed E-state index contributed by atoms with van der Waals surface area (Å²) in [6.45, 7) is 5.39. The molecule has 0 N–H and O–H groups in total. The zero-order valence-electron chi connectivity index (χ0n) is 15.8. The summed E-state index contributed by atoms with van der Waals surface area (Å²) in [4.78, 5) is 7.05. The van der Waals surface area contributed by atoms with Gasteiger partial charge in [0, 0.05) is 39.0 Å². The van der Waals surface area contributed by atoms with Gasteiger partial charge in [-0.3, -0.25) is 4.90 Å². The predicted octanol–water partition coefficient (Wildman–Crippen LogP) is 3.20. The fraction of sp³-hybridized carbons (Fsp3) is 0.550. The minimum absolute atomic E-state index is 0.676. The molecule has 136 valence electrons. The highest BCUT2D eigenvalue weighted by Crippen LogP contribution is 2.31. The number of aromatic nitrogens is 2. The molecule has 1 aromatic heterocycles. The summed E-state index contributed by atoms with van der Waals surface area (Å²) in [5, 5.41) is 0. The largest absolute Gasteiger partial charge is 0.493 e. The van der Waals surface area contributed by atoms with Gasteiger partial charge in [-0.05, 0) is 55.5 Å². The van der Waals surface area contributed by atoms with E-state index in [2.05, 4.69) is 40.6 Å². The van der Waals surface area contributed by atoms with E-state index in [1.165, 1.54) is 29.8 Å². The zero-order valence-corrected chi connectivity index (χ0v) is 15.8. The number of hydrogen-bond donors (Lipinski definition) is 0. The van der Waals surface area contributed by atoms with Crippen LogP contribution in [-0.4, -0.2) is 41.8 Å². The van der Waals surface area contributed by atoms with Crippen LogP contribution in [0, 0.1) is 12.8 Å². The van der Waals surface area contributed by atoms with Gasteiger partial charge in [-0.25, -0.2) is 4.98 Å². The van der Waals surface area contributed by atoms with Gasteiger partial charge in [0.25, 0.3) is 0 Å². The topological polar surface area (TPSA) is 39.5 Å². The molecule has 1 aliphatic heterocycles. The standard InChI is InChI=1S/C20H29N3O2/c1-15-10-18(24-3)19(25-4)12-17(15)14-23-8-5-6-16(13-23)11-20-21-7-9-22(20)2/h7,9-10,12,16H,5-6,8,11,13-14H2,1-4H3. The molecule has 25 heavy (non-hydrogen) atoms. The van der Waals surface area contributed by atoms with Gasteiger partial charge in [-0.15, -0.1) is 0 Å². The Labute approximate surface area is 150 Å². The van der Waals surface area contributed by atoms with E-state index in [9.17, 15) is 0 Å². The van der Waals surface area contributed by atoms with Crippen LogP contribution >= 0.6 is 0 Å². The molecule has 1 fully saturated rings. The molecular weight excluding hydrogens is 314 g/mol. The lowest BCUT2D eigenvalue weighted by Gasteiger charge is -2.33. The van der Waals surface area contributed by atoms with Crippen LogP contribution in [0.4, 0.5) is 0 Å². The van der Waals surface area contributed by atoms with Crippen LogP contribution in [0.15, 0.2) is 24.5 Å². The van der Waals surface area contributed by atoms with E-state index in [0.29, 0.717) is 5.92 Å². The SMILES string of the molecule is COc1cc(C)c(CN2CCCC(Cc3nccn3C)C2)cc1OC. The van der Waals surface area contributed by atoms with E-state index in [-0.39, 0.29) is 0 Å². The quantitative estimate of drug-likeness (QED) is 0.807. The molecule has 0 radical (unpaired) electrons. The Morgan fingerprint density at radius 2 is 1.96 bits per heavy atom. The molecule has 2 aromatic rings. The van der Waals surface area contributed by atoms with Crippen molar-refractivity contribution in [3.63, 3.8) is 0 Å². The fourth-order valence-corrected chi connectivity index (χ4v) is 3.75. The van der Waals surface area contributed by atoms with Crippen molar-refractivity contribution in [3.05, 3.63) is 41.5 Å². The Bertz CT molecular complexity index is 711. The first-order valence-electron chi connectivity index (χ1n) is 9.00. The number of benzene rings is 1. The Kier molecular flexibility index (Phi) is 5.63. The van der Waals surface area contributed by atoms with Crippen LogP contribution in [0.1, 0.15) is 29.8 Å². The number of aryl methyl sites for hydroxylation is 2. The minimum atomic E-state index is 0.676. The highest BCUT2D eigenvalue weighted by molar-refractivity contribution is 5.47. The smallest absolute Gasteiger partial charge is 0.161 e. The summed E-state index contributed by atoms with van der Waals surface area (Å²) in [5.74, 6) is 3.48. The molecule has 5 nitrogen and oxygen atoms in total. The second kappa shape index (κ2) is 7.91. The maximum atomic E-state index is 5.47. The molecule has 0 bridgehead atoms. The monoisotopic (exact) mass is 343 g/mol. The Balaban J connectivity index is 1.67. The van der Waals surface area contributed by atoms with Crippen LogP contribution in [0.3, 0.4) is 0 Å². The number of imidazole rings is 1. The summed E-state index contributed by atoms with van der Waals surface area (Å²) in [7, 11) is 5.46. The van der Waals surface area contributed by atoms with E-state index in [1.54, 1.807) is 14.2 Å². The fourth-order valence-electron chi connectivity index (χ4n) is 3.75. The average Bonchev–Trinajstić information content (AvgIpc) is 3.01. The van der Waals surface area contributed by atoms with Gasteiger partial charge < -0.3 is 14.0 Å². The van der Waals surface area contributed by atoms with Crippen molar-refractivity contribution >= 4 is 0 Å². The van der Waals surface area contributed by atoms with Crippen LogP contribution in [0.5, 0.6) is 11.5 Å². The van der Waals surface area contributed by atoms with Crippen molar-refractivity contribution in [2.45, 2.75) is 32.7 Å². The lowest BCUT2D eigenvalue weighted by molar-refractivity contribution is 0.165. The third-order valence-electron chi connectivity index (χ3n) is 5.23. The van der Waals surface area contributed by atoms with Crippen LogP contribution in [-0.2, 0) is 20.0 Å². The second-order valence-electron chi connectivity index (χ2n) is 7.04. The number of piperidine rings is 1. The van der Waals surface area contributed by atoms with E-state index >= 15 is 0 Å². The van der Waals surface area contributed by atoms with Crippen molar-refractivity contribution in [1.82, 2.24) is 14.5 Å². The van der Waals surface area contributed by atoms with Crippen molar-refractivity contribution in [2.75, 3.05) is 27.3 Å². The number of rotatable bonds is 6. The molecule has 0 spiro atoms. The lowest BCUT2D eigenvalue weighted by atomic mass is 9.93. The summed E-state index contributed by atoms with van der Waals surface area (Å²) in [5.41, 5.74) is 2.57. The third kappa shape index (κ3) is 4.15. The molecular formula is C20H29N3O2. The van der Waals surface area contributed by atoms with Crippen molar-refractivity contribution in [3.8, 4) is 11.5 Å². The van der Waals surface area contributed by atoms with Gasteiger partial charge in [0.05, 0.1) is 14.2 Å². The van der Waals surface area contributed by atoms with E-state index in [1.807, 2.05) is 12.4 Å². The Morgan fingerprint density at radius 1 is 1.20 bits per heavy atom. The number of methoxy groups -OCH3 is 2. The molecule has 1 aliphatic rings. The Hall–Kier alpha value is -2.01. The molecule has 0 saturated carbocycles. The molecule has 1 atom stereocenters. The highest BCUT2D eigenvalue weighted by atomic mass is 16.5. The Morgan fingerprint density at radius 3 is 2.64 bits per heavy atom. The number of nitrogens with zero attached hydrogens (tertiary/aromatic N) is 3. The molecule has 0 amide bonds. The second-order valence-corrected chi connectivity index (χ2v) is 7.04. The zero-order chi connectivity index (χ0) is 17.8. The predicted molar refractivity (Wildman–Crippen MR) is 99.2 cm³/mol. The first kappa shape index (κ1) is 17.8. The van der Waals surface area contributed by atoms with Gasteiger partial charge in [-0.1, -0.05) is 0 Å². The minimum Gasteiger partial charge on any atom is -0.493 e. The summed E-state index contributed by atoms with van der Waals surface area (Å²) < 4.78 is 13.0. The molecule has 1 unspecified atom stereocenters. The van der Waals surface area contributed by atoms with Crippen LogP contribution < -0.4 is 9.47 Å². The van der Waals surface area contributed by atoms with Gasteiger partial charge in [0.2, 0.25) is 0 Å². The van der Waals surface area contributed by atoms with E-state index in [0.717, 1.165) is 37.6 Å². The van der Waals surface area contributed by atoms with Gasteiger partial charge >= 0.3 is 0 Å². The van der Waals surface area contributed by atoms with Crippen LogP contribution in [0.2, 0.25) is 0 Å². The highest BCUT2D eigenvalue weighted by Gasteiger charge is 2.22. The molecule has 1 saturated heterocycles. The molecule has 2 heterocycles. The van der Waals surface area contributed by atoms with Gasteiger partial charge in [-0.2, -0.15) is 0 Å². The molecule has 5 heteroatoms. The summed E-state index contributed by atoms with van der Waals surface area (Å²) >= 11 is 0. The van der Waals surface area contributed by atoms with E-state index < -0.39 is 0 Å². The van der Waals surface area contributed by atoms with Gasteiger partial charge in [0.15, 0.2) is 11.5 Å². The lowest BCUT2D eigenvalue weighted by Crippen LogP contribution is -2.36. The first-order valence-corrected chi connectivity index (χ1v) is 9.00. The molecule has 0 aliphatic carbocycles. The van der Waals surface area contributed by atoms with Crippen molar-refractivity contribution < 1.29 is 9.47 Å². The molecule has 3 rings (SSSR count). The first-order chi connectivity index (χ1) is 12.1. The number of hydrogen-bond acceptors (Lipinski definition) is 4. The third-order valence-corrected chi connectivity index (χ3v) is 5.23. The number of likely N-dealkylation sites (tertiary alicyclic amines) is 1. The van der Waals surface area contributed by atoms with Crippen molar-refractivity contribution in [2.24, 2.45) is 13.0 Å². The maximum absolute atomic E-state index is 5.47. The summed E-state index contributed by atoms with van der Waals surface area (Å²) in [6, 6.07) is 4.19. The normalized spacial score (nSPS) is 18.3. The molecule has 1 aromatic carbocycles. The average molecular weight is 343 g/mol. The van der Waals surface area contributed by atoms with E-state index in [4.69, 9.17) is 9.47 Å². The summed E-state index contributed by atoms with van der Waals surface area (Å²) in [6.07, 6.45) is 7.52. The van der Waals surface area contributed by atoms with Crippen molar-refractivity contribution in [1.29, 1.82) is 0 Å².